The van der Waals surface area contributed by atoms with E-state index in [9.17, 15) is 31.5 Å². The van der Waals surface area contributed by atoms with Crippen LogP contribution in [0.25, 0.3) is 0 Å². The van der Waals surface area contributed by atoms with Crippen molar-refractivity contribution in [2.24, 2.45) is 0 Å². The lowest BCUT2D eigenvalue weighted by atomic mass is 10.1. The highest BCUT2D eigenvalue weighted by Gasteiger charge is 2.38. The van der Waals surface area contributed by atoms with Crippen molar-refractivity contribution < 1.29 is 46.1 Å². The molecule has 35 heavy (non-hydrogen) atoms. The van der Waals surface area contributed by atoms with Crippen LogP contribution in [0.2, 0.25) is 0 Å². The zero-order valence-corrected chi connectivity index (χ0v) is 20.0. The molecule has 1 saturated heterocycles. The van der Waals surface area contributed by atoms with E-state index in [-0.39, 0.29) is 16.1 Å². The van der Waals surface area contributed by atoms with Gasteiger partial charge < -0.3 is 19.8 Å². The highest BCUT2D eigenvalue weighted by Crippen LogP contribution is 2.28. The largest absolute Gasteiger partial charge is 0.490 e. The number of benzene rings is 2. The summed E-state index contributed by atoms with van der Waals surface area (Å²) in [7, 11) is -3.85. The number of anilines is 2. The Balaban J connectivity index is 0.000000540. The third-order valence-corrected chi connectivity index (χ3v) is 6.63. The number of sulfonamides is 1. The Morgan fingerprint density at radius 1 is 1.00 bits per heavy atom. The van der Waals surface area contributed by atoms with Gasteiger partial charge in [0, 0.05) is 18.8 Å². The molecule has 9 nitrogen and oxygen atoms in total. The minimum Gasteiger partial charge on any atom is -0.478 e. The van der Waals surface area contributed by atoms with Gasteiger partial charge in [-0.1, -0.05) is 17.7 Å². The predicted molar refractivity (Wildman–Crippen MR) is 122 cm³/mol. The van der Waals surface area contributed by atoms with Crippen molar-refractivity contribution in [2.75, 3.05) is 35.9 Å². The molecule has 1 fully saturated rings. The number of aromatic carboxylic acids is 1. The van der Waals surface area contributed by atoms with Gasteiger partial charge in [-0.05, 0) is 50.1 Å². The molecule has 2 aromatic rings. The topological polar surface area (TPSA) is 133 Å². The van der Waals surface area contributed by atoms with E-state index in [2.05, 4.69) is 4.72 Å². The first-order valence-electron chi connectivity index (χ1n) is 10.2. The van der Waals surface area contributed by atoms with Gasteiger partial charge >= 0.3 is 18.1 Å². The molecule has 3 N–H and O–H groups in total. The highest BCUT2D eigenvalue weighted by molar-refractivity contribution is 7.92. The summed E-state index contributed by atoms with van der Waals surface area (Å²) in [5.74, 6) is -3.86. The average Bonchev–Trinajstić information content (AvgIpc) is 2.72. The van der Waals surface area contributed by atoms with Crippen LogP contribution in [0.15, 0.2) is 35.2 Å². The normalized spacial score (nSPS) is 14.1. The van der Waals surface area contributed by atoms with Crippen LogP contribution in [-0.4, -0.2) is 63.0 Å². The molecule has 2 aromatic carbocycles. The van der Waals surface area contributed by atoms with E-state index in [1.165, 1.54) is 6.07 Å². The van der Waals surface area contributed by atoms with Gasteiger partial charge in [-0.15, -0.1) is 0 Å². The van der Waals surface area contributed by atoms with E-state index in [0.29, 0.717) is 43.1 Å². The van der Waals surface area contributed by atoms with Gasteiger partial charge in [0.2, 0.25) is 0 Å². The highest BCUT2D eigenvalue weighted by atomic mass is 32.2. The third-order valence-electron chi connectivity index (χ3n) is 4.95. The molecule has 0 amide bonds. The van der Waals surface area contributed by atoms with Crippen molar-refractivity contribution in [1.29, 1.82) is 0 Å². The molecule has 1 heterocycles. The number of aryl methyl sites for hydroxylation is 3. The second-order valence-corrected chi connectivity index (χ2v) is 9.39. The minimum atomic E-state index is -5.08. The number of hydrogen-bond donors (Lipinski definition) is 3. The SMILES string of the molecule is Cc1cc(C)c(S(=O)(=O)Nc2ccc(N3CCOCC3)c(C(=O)O)c2)c(C)c1.O=C(O)C(F)(F)F. The zero-order valence-electron chi connectivity index (χ0n) is 19.1. The molecular weight excluding hydrogens is 493 g/mol. The standard InChI is InChI=1S/C20H24N2O5S.C2HF3O2/c1-13-10-14(2)19(15(3)11-13)28(25,26)21-16-4-5-18(17(12-16)20(23)24)22-6-8-27-9-7-22;3-2(4,5)1(6)7/h4-5,10-12,21H,6-9H2,1-3H3,(H,23,24);(H,6,7). The molecule has 0 aromatic heterocycles. The molecule has 0 unspecified atom stereocenters. The third kappa shape index (κ3) is 7.33. The van der Waals surface area contributed by atoms with E-state index < -0.39 is 28.1 Å². The van der Waals surface area contributed by atoms with Crippen molar-refractivity contribution in [3.63, 3.8) is 0 Å². The number of hydrogen-bond acceptors (Lipinski definition) is 6. The maximum atomic E-state index is 12.9. The summed E-state index contributed by atoms with van der Waals surface area (Å²) in [4.78, 5) is 22.8. The smallest absolute Gasteiger partial charge is 0.478 e. The molecule has 0 aliphatic carbocycles. The van der Waals surface area contributed by atoms with Gasteiger partial charge in [-0.2, -0.15) is 13.2 Å². The van der Waals surface area contributed by atoms with Crippen LogP contribution in [0.3, 0.4) is 0 Å². The number of rotatable bonds is 5. The van der Waals surface area contributed by atoms with Gasteiger partial charge in [-0.25, -0.2) is 18.0 Å². The number of carboxylic acids is 2. The lowest BCUT2D eigenvalue weighted by Gasteiger charge is -2.30. The lowest BCUT2D eigenvalue weighted by molar-refractivity contribution is -0.192. The van der Waals surface area contributed by atoms with Gasteiger partial charge in [-0.3, -0.25) is 4.72 Å². The maximum Gasteiger partial charge on any atom is 0.490 e. The molecule has 0 radical (unpaired) electrons. The number of nitrogens with one attached hydrogen (secondary N) is 1. The number of aliphatic carboxylic acids is 1. The van der Waals surface area contributed by atoms with E-state index >= 15 is 0 Å². The second-order valence-electron chi connectivity index (χ2n) is 7.77. The molecule has 13 heteroatoms. The van der Waals surface area contributed by atoms with Crippen LogP contribution in [0.5, 0.6) is 0 Å². The van der Waals surface area contributed by atoms with E-state index in [0.717, 1.165) is 5.56 Å². The maximum absolute atomic E-state index is 12.9. The number of carboxylic acid groups (broad SMARTS) is 2. The number of halogens is 3. The lowest BCUT2D eigenvalue weighted by Crippen LogP contribution is -2.37. The Morgan fingerprint density at radius 3 is 1.97 bits per heavy atom. The van der Waals surface area contributed by atoms with Crippen molar-refractivity contribution in [3.8, 4) is 0 Å². The van der Waals surface area contributed by atoms with Gasteiger partial charge in [0.05, 0.1) is 29.4 Å². The Labute approximate surface area is 200 Å². The first-order chi connectivity index (χ1) is 16.1. The Bertz CT molecular complexity index is 1190. The Kier molecular flexibility index (Phi) is 8.74. The summed E-state index contributed by atoms with van der Waals surface area (Å²) in [6.45, 7) is 7.64. The fourth-order valence-corrected chi connectivity index (χ4v) is 5.15. The summed E-state index contributed by atoms with van der Waals surface area (Å²) < 4.78 is 65.4. The van der Waals surface area contributed by atoms with E-state index in [1.807, 2.05) is 24.0 Å². The molecule has 1 aliphatic rings. The summed E-state index contributed by atoms with van der Waals surface area (Å²) >= 11 is 0. The molecule has 0 atom stereocenters. The van der Waals surface area contributed by atoms with Crippen molar-refractivity contribution >= 4 is 33.3 Å². The first kappa shape index (κ1) is 27.9. The van der Waals surface area contributed by atoms with Gasteiger partial charge in [0.15, 0.2) is 0 Å². The fourth-order valence-electron chi connectivity index (χ4n) is 3.65. The Morgan fingerprint density at radius 2 is 1.51 bits per heavy atom. The van der Waals surface area contributed by atoms with Crippen LogP contribution in [0, 0.1) is 20.8 Å². The zero-order chi connectivity index (χ0) is 26.6. The second kappa shape index (κ2) is 11.0. The number of morpholine rings is 1. The van der Waals surface area contributed by atoms with Gasteiger partial charge in [0.1, 0.15) is 0 Å². The summed E-state index contributed by atoms with van der Waals surface area (Å²) in [6.07, 6.45) is -5.08. The molecule has 3 rings (SSSR count). The first-order valence-corrected chi connectivity index (χ1v) is 11.7. The van der Waals surface area contributed by atoms with Crippen LogP contribution >= 0.6 is 0 Å². The molecule has 1 aliphatic heterocycles. The average molecular weight is 519 g/mol. The predicted octanol–water partition coefficient (Wildman–Crippen LogP) is 3.58. The van der Waals surface area contributed by atoms with Crippen molar-refractivity contribution in [1.82, 2.24) is 0 Å². The monoisotopic (exact) mass is 518 g/mol. The van der Waals surface area contributed by atoms with Crippen molar-refractivity contribution in [2.45, 2.75) is 31.8 Å². The summed E-state index contributed by atoms with van der Waals surface area (Å²) in [5, 5.41) is 16.7. The van der Waals surface area contributed by atoms with Crippen molar-refractivity contribution in [3.05, 3.63) is 52.6 Å². The fraction of sp³-hybridized carbons (Fsp3) is 0.364. The molecule has 0 saturated carbocycles. The quantitative estimate of drug-likeness (QED) is 0.547. The molecular formula is C22H25F3N2O7S. The number of carbonyl (C=O) groups is 2. The van der Waals surface area contributed by atoms with Crippen LogP contribution < -0.4 is 9.62 Å². The number of alkyl halides is 3. The Hall–Kier alpha value is -3.32. The molecule has 192 valence electrons. The minimum absolute atomic E-state index is 0.0550. The van der Waals surface area contributed by atoms with E-state index in [4.69, 9.17) is 14.6 Å². The number of ether oxygens (including phenoxy) is 1. The summed E-state index contributed by atoms with van der Waals surface area (Å²) in [5.41, 5.74) is 3.11. The van der Waals surface area contributed by atoms with Crippen LogP contribution in [-0.2, 0) is 19.6 Å². The van der Waals surface area contributed by atoms with Gasteiger partial charge in [0.25, 0.3) is 10.0 Å². The molecule has 0 spiro atoms. The summed E-state index contributed by atoms with van der Waals surface area (Å²) in [6, 6.07) is 8.22. The number of nitrogens with zero attached hydrogens (tertiary/aromatic N) is 1. The van der Waals surface area contributed by atoms with E-state index in [1.54, 1.807) is 26.0 Å². The van der Waals surface area contributed by atoms with Crippen LogP contribution in [0.4, 0.5) is 24.5 Å². The van der Waals surface area contributed by atoms with Crippen LogP contribution in [0.1, 0.15) is 27.0 Å². The molecule has 0 bridgehead atoms.